The molecular formula is C15H19N3O2. The Hall–Kier alpha value is -2.14. The zero-order valence-electron chi connectivity index (χ0n) is 12.0. The van der Waals surface area contributed by atoms with Crippen LogP contribution in [0.4, 0.5) is 5.82 Å². The Kier molecular flexibility index (Phi) is 4.53. The number of benzene rings is 1. The highest BCUT2D eigenvalue weighted by Crippen LogP contribution is 2.30. The fourth-order valence-electron chi connectivity index (χ4n) is 1.94. The van der Waals surface area contributed by atoms with E-state index in [0.717, 1.165) is 22.6 Å². The summed E-state index contributed by atoms with van der Waals surface area (Å²) >= 11 is 0. The molecule has 2 aromatic rings. The highest BCUT2D eigenvalue weighted by molar-refractivity contribution is 5.69. The molecule has 0 aliphatic carbocycles. The van der Waals surface area contributed by atoms with Gasteiger partial charge in [0.15, 0.2) is 5.82 Å². The Morgan fingerprint density at radius 3 is 2.70 bits per heavy atom. The van der Waals surface area contributed by atoms with E-state index in [2.05, 4.69) is 9.97 Å². The van der Waals surface area contributed by atoms with Gasteiger partial charge in [0.05, 0.1) is 12.8 Å². The lowest BCUT2D eigenvalue weighted by Gasteiger charge is -2.11. The fraction of sp³-hybridized carbons (Fsp3) is 0.333. The van der Waals surface area contributed by atoms with Crippen molar-refractivity contribution in [1.29, 1.82) is 0 Å². The molecule has 0 unspecified atom stereocenters. The van der Waals surface area contributed by atoms with E-state index in [1.165, 1.54) is 0 Å². The van der Waals surface area contributed by atoms with Gasteiger partial charge >= 0.3 is 0 Å². The predicted octanol–water partition coefficient (Wildman–Crippen LogP) is 2.58. The molecule has 0 fully saturated rings. The minimum Gasteiger partial charge on any atom is -0.496 e. The van der Waals surface area contributed by atoms with Crippen LogP contribution in [0.5, 0.6) is 5.75 Å². The fourth-order valence-corrected chi connectivity index (χ4v) is 1.94. The number of aryl methyl sites for hydroxylation is 1. The van der Waals surface area contributed by atoms with Crippen molar-refractivity contribution in [2.75, 3.05) is 19.5 Å². The summed E-state index contributed by atoms with van der Waals surface area (Å²) in [6.07, 6.45) is 0. The van der Waals surface area contributed by atoms with Gasteiger partial charge in [0.2, 0.25) is 0 Å². The molecule has 0 spiro atoms. The largest absolute Gasteiger partial charge is 0.496 e. The van der Waals surface area contributed by atoms with Crippen molar-refractivity contribution in [3.8, 4) is 17.0 Å². The van der Waals surface area contributed by atoms with Gasteiger partial charge in [-0.2, -0.15) is 0 Å². The smallest absolute Gasteiger partial charge is 0.157 e. The molecule has 0 saturated carbocycles. The number of methoxy groups -OCH3 is 1. The van der Waals surface area contributed by atoms with Crippen LogP contribution in [0.2, 0.25) is 0 Å². The van der Waals surface area contributed by atoms with Crippen molar-refractivity contribution in [1.82, 2.24) is 9.97 Å². The Bertz CT molecular complexity index is 600. The molecule has 1 heterocycles. The number of anilines is 1. The molecule has 2 rings (SSSR count). The van der Waals surface area contributed by atoms with Gasteiger partial charge in [0.25, 0.3) is 0 Å². The molecule has 0 saturated heterocycles. The quantitative estimate of drug-likeness (QED) is 0.906. The maximum Gasteiger partial charge on any atom is 0.157 e. The second-order valence-electron chi connectivity index (χ2n) is 4.44. The van der Waals surface area contributed by atoms with Crippen LogP contribution in [0.15, 0.2) is 24.3 Å². The van der Waals surface area contributed by atoms with E-state index < -0.39 is 0 Å². The summed E-state index contributed by atoms with van der Waals surface area (Å²) in [6, 6.07) is 7.68. The molecule has 0 aliphatic rings. The van der Waals surface area contributed by atoms with Crippen LogP contribution in [0.1, 0.15) is 18.3 Å². The molecule has 2 N–H and O–H groups in total. The molecular weight excluding hydrogens is 254 g/mol. The highest BCUT2D eigenvalue weighted by Gasteiger charge is 2.10. The minimum atomic E-state index is 0.350. The molecule has 5 heteroatoms. The lowest BCUT2D eigenvalue weighted by molar-refractivity contribution is 0.128. The van der Waals surface area contributed by atoms with Crippen molar-refractivity contribution in [2.24, 2.45) is 0 Å². The van der Waals surface area contributed by atoms with Crippen LogP contribution in [0.25, 0.3) is 11.3 Å². The van der Waals surface area contributed by atoms with E-state index in [1.807, 2.05) is 32.0 Å². The summed E-state index contributed by atoms with van der Waals surface area (Å²) in [4.78, 5) is 8.67. The van der Waals surface area contributed by atoms with E-state index in [4.69, 9.17) is 15.2 Å². The number of rotatable bonds is 5. The van der Waals surface area contributed by atoms with E-state index in [1.54, 1.807) is 13.2 Å². The Morgan fingerprint density at radius 1 is 1.20 bits per heavy atom. The molecule has 0 radical (unpaired) electrons. The second-order valence-corrected chi connectivity index (χ2v) is 4.44. The van der Waals surface area contributed by atoms with Crippen LogP contribution in [0, 0.1) is 6.92 Å². The third kappa shape index (κ3) is 3.24. The predicted molar refractivity (Wildman–Crippen MR) is 78.5 cm³/mol. The standard InChI is InChI=1S/C15H19N3O2/c1-4-20-9-15-17-12(8-14(16)18-15)11-7-10(2)5-6-13(11)19-3/h5-8H,4,9H2,1-3H3,(H2,16,17,18). The summed E-state index contributed by atoms with van der Waals surface area (Å²) in [5.41, 5.74) is 8.63. The van der Waals surface area contributed by atoms with Crippen LogP contribution in [0.3, 0.4) is 0 Å². The molecule has 0 bridgehead atoms. The van der Waals surface area contributed by atoms with E-state index in [9.17, 15) is 0 Å². The normalized spacial score (nSPS) is 10.6. The number of aromatic nitrogens is 2. The summed E-state index contributed by atoms with van der Waals surface area (Å²) in [7, 11) is 1.64. The SMILES string of the molecule is CCOCc1nc(N)cc(-c2cc(C)ccc2OC)n1. The van der Waals surface area contributed by atoms with Crippen LogP contribution < -0.4 is 10.5 Å². The Labute approximate surface area is 118 Å². The van der Waals surface area contributed by atoms with E-state index >= 15 is 0 Å². The highest BCUT2D eigenvalue weighted by atomic mass is 16.5. The summed E-state index contributed by atoms with van der Waals surface area (Å²) in [6.45, 7) is 4.91. The average molecular weight is 273 g/mol. The summed E-state index contributed by atoms with van der Waals surface area (Å²) in [5.74, 6) is 1.76. The number of ether oxygens (including phenoxy) is 2. The van der Waals surface area contributed by atoms with Gasteiger partial charge in [-0.05, 0) is 26.0 Å². The lowest BCUT2D eigenvalue weighted by atomic mass is 10.1. The minimum absolute atomic E-state index is 0.350. The van der Waals surface area contributed by atoms with Gasteiger partial charge in [-0.25, -0.2) is 9.97 Å². The second kappa shape index (κ2) is 6.34. The molecule has 1 aromatic carbocycles. The topological polar surface area (TPSA) is 70.3 Å². The van der Waals surface area contributed by atoms with E-state index in [-0.39, 0.29) is 0 Å². The maximum absolute atomic E-state index is 5.85. The first kappa shape index (κ1) is 14.3. The van der Waals surface area contributed by atoms with Crippen molar-refractivity contribution < 1.29 is 9.47 Å². The van der Waals surface area contributed by atoms with Crippen LogP contribution in [-0.4, -0.2) is 23.7 Å². The number of hydrogen-bond donors (Lipinski definition) is 1. The van der Waals surface area contributed by atoms with Crippen molar-refractivity contribution >= 4 is 5.82 Å². The van der Waals surface area contributed by atoms with Gasteiger partial charge in [-0.3, -0.25) is 0 Å². The molecule has 5 nitrogen and oxygen atoms in total. The van der Waals surface area contributed by atoms with Crippen molar-refractivity contribution in [2.45, 2.75) is 20.5 Å². The van der Waals surface area contributed by atoms with Crippen LogP contribution >= 0.6 is 0 Å². The van der Waals surface area contributed by atoms with Gasteiger partial charge in [-0.1, -0.05) is 11.6 Å². The third-order valence-corrected chi connectivity index (χ3v) is 2.86. The third-order valence-electron chi connectivity index (χ3n) is 2.86. The summed E-state index contributed by atoms with van der Waals surface area (Å²) in [5, 5.41) is 0. The number of hydrogen-bond acceptors (Lipinski definition) is 5. The van der Waals surface area contributed by atoms with Gasteiger partial charge in [0.1, 0.15) is 18.2 Å². The lowest BCUT2D eigenvalue weighted by Crippen LogP contribution is -2.04. The number of nitrogen functional groups attached to an aromatic ring is 1. The Morgan fingerprint density at radius 2 is 2.00 bits per heavy atom. The molecule has 20 heavy (non-hydrogen) atoms. The van der Waals surface area contributed by atoms with Gasteiger partial charge < -0.3 is 15.2 Å². The number of nitrogens with two attached hydrogens (primary N) is 1. The average Bonchev–Trinajstić information content (AvgIpc) is 2.44. The molecule has 0 atom stereocenters. The number of nitrogens with zero attached hydrogens (tertiary/aromatic N) is 2. The first-order valence-electron chi connectivity index (χ1n) is 6.50. The van der Waals surface area contributed by atoms with E-state index in [0.29, 0.717) is 24.9 Å². The summed E-state index contributed by atoms with van der Waals surface area (Å²) < 4.78 is 10.7. The van der Waals surface area contributed by atoms with Crippen molar-refractivity contribution in [3.63, 3.8) is 0 Å². The van der Waals surface area contributed by atoms with Gasteiger partial charge in [0, 0.05) is 18.2 Å². The zero-order valence-corrected chi connectivity index (χ0v) is 12.0. The Balaban J connectivity index is 2.46. The van der Waals surface area contributed by atoms with Crippen LogP contribution in [-0.2, 0) is 11.3 Å². The monoisotopic (exact) mass is 273 g/mol. The molecule has 1 aromatic heterocycles. The first-order chi connectivity index (χ1) is 9.63. The maximum atomic E-state index is 5.85. The van der Waals surface area contributed by atoms with Gasteiger partial charge in [-0.15, -0.1) is 0 Å². The zero-order chi connectivity index (χ0) is 14.5. The molecule has 0 amide bonds. The first-order valence-corrected chi connectivity index (χ1v) is 6.50. The molecule has 106 valence electrons. The molecule has 0 aliphatic heterocycles. The van der Waals surface area contributed by atoms with Crippen molar-refractivity contribution in [3.05, 3.63) is 35.7 Å².